The maximum atomic E-state index is 12.7. The summed E-state index contributed by atoms with van der Waals surface area (Å²) in [5, 5.41) is 7.06. The van der Waals surface area contributed by atoms with Gasteiger partial charge in [0, 0.05) is 24.6 Å². The van der Waals surface area contributed by atoms with Crippen LogP contribution in [0.1, 0.15) is 24.4 Å². The molecule has 4 rings (SSSR count). The third kappa shape index (κ3) is 3.62. The van der Waals surface area contributed by atoms with Gasteiger partial charge in [-0.25, -0.2) is 14.5 Å². The van der Waals surface area contributed by atoms with E-state index in [-0.39, 0.29) is 18.2 Å². The molecule has 27 heavy (non-hydrogen) atoms. The summed E-state index contributed by atoms with van der Waals surface area (Å²) in [7, 11) is 0. The molecule has 1 saturated heterocycles. The van der Waals surface area contributed by atoms with E-state index in [4.69, 9.17) is 0 Å². The number of rotatable bonds is 4. The third-order valence-corrected chi connectivity index (χ3v) is 4.49. The van der Waals surface area contributed by atoms with Gasteiger partial charge in [-0.2, -0.15) is 4.98 Å². The SMILES string of the molecule is Cc1cccc(NC(=O)[C@@H]2CCCN2C(=O)Cc2nc3ncccn3n2)n1. The number of amides is 2. The van der Waals surface area contributed by atoms with Crippen molar-refractivity contribution in [3.63, 3.8) is 0 Å². The lowest BCUT2D eigenvalue weighted by Crippen LogP contribution is -2.44. The minimum absolute atomic E-state index is 0.0375. The van der Waals surface area contributed by atoms with Gasteiger partial charge in [-0.15, -0.1) is 5.10 Å². The number of likely N-dealkylation sites (tertiary alicyclic amines) is 1. The average Bonchev–Trinajstić information content (AvgIpc) is 3.28. The highest BCUT2D eigenvalue weighted by Crippen LogP contribution is 2.20. The van der Waals surface area contributed by atoms with Crippen LogP contribution in [0.4, 0.5) is 5.82 Å². The maximum absolute atomic E-state index is 12.7. The van der Waals surface area contributed by atoms with Crippen LogP contribution >= 0.6 is 0 Å². The molecule has 4 heterocycles. The van der Waals surface area contributed by atoms with Gasteiger partial charge in [0.25, 0.3) is 5.78 Å². The molecule has 0 saturated carbocycles. The summed E-state index contributed by atoms with van der Waals surface area (Å²) < 4.78 is 1.53. The Bertz CT molecular complexity index is 967. The quantitative estimate of drug-likeness (QED) is 0.739. The molecule has 0 spiro atoms. The summed E-state index contributed by atoms with van der Waals surface area (Å²) in [5.41, 5.74) is 0.818. The van der Waals surface area contributed by atoms with Crippen LogP contribution in [0.25, 0.3) is 5.78 Å². The molecule has 138 valence electrons. The molecule has 3 aromatic heterocycles. The summed E-state index contributed by atoms with van der Waals surface area (Å²) >= 11 is 0. The number of aryl methyl sites for hydroxylation is 1. The number of hydrogen-bond acceptors (Lipinski definition) is 6. The molecule has 0 bridgehead atoms. The Morgan fingerprint density at radius 1 is 1.26 bits per heavy atom. The highest BCUT2D eigenvalue weighted by atomic mass is 16.2. The fraction of sp³-hybridized carbons (Fsp3) is 0.333. The van der Waals surface area contributed by atoms with E-state index in [0.717, 1.165) is 12.1 Å². The molecule has 1 N–H and O–H groups in total. The van der Waals surface area contributed by atoms with E-state index in [1.165, 1.54) is 4.52 Å². The predicted molar refractivity (Wildman–Crippen MR) is 96.8 cm³/mol. The van der Waals surface area contributed by atoms with E-state index >= 15 is 0 Å². The molecular weight excluding hydrogens is 346 g/mol. The van der Waals surface area contributed by atoms with Gasteiger partial charge in [-0.3, -0.25) is 9.59 Å². The van der Waals surface area contributed by atoms with E-state index in [2.05, 4.69) is 25.4 Å². The molecular formula is C18H19N7O2. The van der Waals surface area contributed by atoms with Gasteiger partial charge in [0.2, 0.25) is 11.8 Å². The largest absolute Gasteiger partial charge is 0.330 e. The van der Waals surface area contributed by atoms with Crippen LogP contribution in [0.15, 0.2) is 36.7 Å². The Morgan fingerprint density at radius 3 is 2.96 bits per heavy atom. The highest BCUT2D eigenvalue weighted by molar-refractivity contribution is 5.97. The first-order valence-corrected chi connectivity index (χ1v) is 8.80. The zero-order valence-electron chi connectivity index (χ0n) is 14.9. The zero-order valence-corrected chi connectivity index (χ0v) is 14.9. The van der Waals surface area contributed by atoms with Crippen molar-refractivity contribution < 1.29 is 9.59 Å². The van der Waals surface area contributed by atoms with Crippen LogP contribution in [0, 0.1) is 6.92 Å². The third-order valence-electron chi connectivity index (χ3n) is 4.49. The van der Waals surface area contributed by atoms with Crippen LogP contribution in [0.3, 0.4) is 0 Å². The van der Waals surface area contributed by atoms with Crippen molar-refractivity contribution in [2.24, 2.45) is 0 Å². The highest BCUT2D eigenvalue weighted by Gasteiger charge is 2.34. The van der Waals surface area contributed by atoms with Crippen molar-refractivity contribution in [2.45, 2.75) is 32.2 Å². The molecule has 9 heteroatoms. The lowest BCUT2D eigenvalue weighted by atomic mass is 10.2. The maximum Gasteiger partial charge on any atom is 0.252 e. The van der Waals surface area contributed by atoms with Crippen LogP contribution in [-0.4, -0.2) is 53.9 Å². The number of pyridine rings is 1. The number of nitrogens with one attached hydrogen (secondary N) is 1. The number of aromatic nitrogens is 5. The van der Waals surface area contributed by atoms with Crippen molar-refractivity contribution in [1.82, 2.24) is 29.5 Å². The number of fused-ring (bicyclic) bond motifs is 1. The van der Waals surface area contributed by atoms with E-state index in [0.29, 0.717) is 30.4 Å². The Hall–Kier alpha value is -3.36. The summed E-state index contributed by atoms with van der Waals surface area (Å²) in [5.74, 6) is 0.948. The van der Waals surface area contributed by atoms with Gasteiger partial charge in [-0.05, 0) is 38.0 Å². The number of carbonyl (C=O) groups is 2. The van der Waals surface area contributed by atoms with Crippen molar-refractivity contribution in [3.05, 3.63) is 48.2 Å². The van der Waals surface area contributed by atoms with Crippen LogP contribution in [-0.2, 0) is 16.0 Å². The van der Waals surface area contributed by atoms with E-state index in [1.54, 1.807) is 29.4 Å². The molecule has 1 aliphatic heterocycles. The molecule has 2 amide bonds. The molecule has 3 aromatic rings. The van der Waals surface area contributed by atoms with Crippen molar-refractivity contribution in [2.75, 3.05) is 11.9 Å². The van der Waals surface area contributed by atoms with E-state index < -0.39 is 6.04 Å². The summed E-state index contributed by atoms with van der Waals surface area (Å²) in [6, 6.07) is 6.67. The standard InChI is InChI=1S/C18H19N7O2/c1-12-5-2-7-14(20-12)21-17(27)13-6-3-9-24(13)16(26)11-15-22-18-19-8-4-10-25(18)23-15/h2,4-5,7-8,10,13H,3,6,9,11H2,1H3,(H,20,21,27)/t13-/m0/s1. The van der Waals surface area contributed by atoms with Gasteiger partial charge in [0.1, 0.15) is 11.9 Å². The number of hydrogen-bond donors (Lipinski definition) is 1. The fourth-order valence-electron chi connectivity index (χ4n) is 3.25. The Kier molecular flexibility index (Phi) is 4.49. The molecule has 0 radical (unpaired) electrons. The second-order valence-electron chi connectivity index (χ2n) is 6.47. The van der Waals surface area contributed by atoms with Crippen molar-refractivity contribution >= 4 is 23.4 Å². The first kappa shape index (κ1) is 17.1. The normalized spacial score (nSPS) is 16.6. The molecule has 1 atom stereocenters. The Morgan fingerprint density at radius 2 is 2.15 bits per heavy atom. The van der Waals surface area contributed by atoms with Gasteiger partial charge < -0.3 is 10.2 Å². The topological polar surface area (TPSA) is 105 Å². The zero-order chi connectivity index (χ0) is 18.8. The molecule has 0 aromatic carbocycles. The molecule has 1 fully saturated rings. The van der Waals surface area contributed by atoms with Crippen molar-refractivity contribution in [1.29, 1.82) is 0 Å². The Balaban J connectivity index is 1.45. The minimum atomic E-state index is -0.505. The summed E-state index contributed by atoms with van der Waals surface area (Å²) in [4.78, 5) is 39.6. The van der Waals surface area contributed by atoms with Crippen LogP contribution in [0.2, 0.25) is 0 Å². The van der Waals surface area contributed by atoms with E-state index in [1.807, 2.05) is 19.1 Å². The van der Waals surface area contributed by atoms with Crippen LogP contribution < -0.4 is 5.32 Å². The lowest BCUT2D eigenvalue weighted by molar-refractivity contribution is -0.136. The molecule has 1 aliphatic rings. The second kappa shape index (κ2) is 7.10. The monoisotopic (exact) mass is 365 g/mol. The molecule has 0 aliphatic carbocycles. The molecule has 9 nitrogen and oxygen atoms in total. The number of carbonyl (C=O) groups excluding carboxylic acids is 2. The average molecular weight is 365 g/mol. The molecule has 0 unspecified atom stereocenters. The van der Waals surface area contributed by atoms with E-state index in [9.17, 15) is 9.59 Å². The van der Waals surface area contributed by atoms with Gasteiger partial charge in [0.05, 0.1) is 6.42 Å². The number of nitrogens with zero attached hydrogens (tertiary/aromatic N) is 6. The van der Waals surface area contributed by atoms with Gasteiger partial charge >= 0.3 is 0 Å². The smallest absolute Gasteiger partial charge is 0.252 e. The minimum Gasteiger partial charge on any atom is -0.330 e. The first-order chi connectivity index (χ1) is 13.1. The van der Waals surface area contributed by atoms with Crippen LogP contribution in [0.5, 0.6) is 0 Å². The second-order valence-corrected chi connectivity index (χ2v) is 6.47. The summed E-state index contributed by atoms with van der Waals surface area (Å²) in [6.07, 6.45) is 4.80. The lowest BCUT2D eigenvalue weighted by Gasteiger charge is -2.23. The Labute approximate surface area is 155 Å². The van der Waals surface area contributed by atoms with Crippen molar-refractivity contribution in [3.8, 4) is 0 Å². The van der Waals surface area contributed by atoms with Gasteiger partial charge in [-0.1, -0.05) is 6.07 Å². The fourth-order valence-corrected chi connectivity index (χ4v) is 3.25. The first-order valence-electron chi connectivity index (χ1n) is 8.80. The predicted octanol–water partition coefficient (Wildman–Crippen LogP) is 1.000. The van der Waals surface area contributed by atoms with Gasteiger partial charge in [0.15, 0.2) is 5.82 Å². The summed E-state index contributed by atoms with van der Waals surface area (Å²) in [6.45, 7) is 2.40. The number of anilines is 1.